The van der Waals surface area contributed by atoms with Crippen molar-refractivity contribution in [2.45, 2.75) is 45.1 Å². The molecule has 0 aliphatic heterocycles. The lowest BCUT2D eigenvalue weighted by molar-refractivity contribution is 0.00698. The minimum absolute atomic E-state index is 0.397. The molecule has 1 aliphatic carbocycles. The predicted molar refractivity (Wildman–Crippen MR) is 55.5 cm³/mol. The number of halogens is 1. The molecule has 0 radical (unpaired) electrons. The normalized spacial score (nSPS) is 37.2. The van der Waals surface area contributed by atoms with Crippen LogP contribution < -0.4 is 0 Å². The SMILES string of the molecule is CC(C)C1CCC(O)(CBr)CC1. The van der Waals surface area contributed by atoms with Crippen molar-refractivity contribution < 1.29 is 5.11 Å². The lowest BCUT2D eigenvalue weighted by Gasteiger charge is -2.36. The van der Waals surface area contributed by atoms with Gasteiger partial charge in [-0.2, -0.15) is 0 Å². The first kappa shape index (κ1) is 10.5. The monoisotopic (exact) mass is 234 g/mol. The maximum absolute atomic E-state index is 9.93. The van der Waals surface area contributed by atoms with E-state index in [0.717, 1.165) is 30.0 Å². The molecule has 2 heteroatoms. The van der Waals surface area contributed by atoms with Crippen LogP contribution in [0.25, 0.3) is 0 Å². The Morgan fingerprint density at radius 1 is 1.42 bits per heavy atom. The predicted octanol–water partition coefficient (Wildman–Crippen LogP) is 2.96. The molecule has 1 N–H and O–H groups in total. The fraction of sp³-hybridized carbons (Fsp3) is 1.00. The van der Waals surface area contributed by atoms with E-state index >= 15 is 0 Å². The molecule has 0 spiro atoms. The van der Waals surface area contributed by atoms with E-state index in [9.17, 15) is 5.11 Å². The van der Waals surface area contributed by atoms with E-state index in [4.69, 9.17) is 0 Å². The summed E-state index contributed by atoms with van der Waals surface area (Å²) in [5.41, 5.74) is -0.397. The first-order valence-electron chi connectivity index (χ1n) is 4.86. The van der Waals surface area contributed by atoms with E-state index < -0.39 is 5.60 Å². The van der Waals surface area contributed by atoms with Crippen molar-refractivity contribution in [3.05, 3.63) is 0 Å². The van der Waals surface area contributed by atoms with Gasteiger partial charge in [-0.25, -0.2) is 0 Å². The fourth-order valence-corrected chi connectivity index (χ4v) is 2.54. The standard InChI is InChI=1S/C10H19BrO/c1-8(2)9-3-5-10(12,7-11)6-4-9/h8-9,12H,3-7H2,1-2H3. The van der Waals surface area contributed by atoms with Gasteiger partial charge in [0, 0.05) is 5.33 Å². The second kappa shape index (κ2) is 4.10. The third-order valence-electron chi connectivity index (χ3n) is 3.15. The van der Waals surface area contributed by atoms with Crippen molar-refractivity contribution in [1.82, 2.24) is 0 Å². The van der Waals surface area contributed by atoms with Crippen LogP contribution in [0, 0.1) is 11.8 Å². The molecule has 1 rings (SSSR count). The molecule has 0 unspecified atom stereocenters. The maximum atomic E-state index is 9.93. The number of hydrogen-bond donors (Lipinski definition) is 1. The van der Waals surface area contributed by atoms with Crippen molar-refractivity contribution in [3.63, 3.8) is 0 Å². The first-order valence-corrected chi connectivity index (χ1v) is 5.98. The second-order valence-corrected chi connectivity index (χ2v) is 5.00. The lowest BCUT2D eigenvalue weighted by atomic mass is 9.75. The van der Waals surface area contributed by atoms with Crippen molar-refractivity contribution in [2.75, 3.05) is 5.33 Å². The topological polar surface area (TPSA) is 20.2 Å². The Morgan fingerprint density at radius 3 is 2.25 bits per heavy atom. The van der Waals surface area contributed by atoms with E-state index in [0.29, 0.717) is 0 Å². The molecular weight excluding hydrogens is 216 g/mol. The van der Waals surface area contributed by atoms with Gasteiger partial charge in [0.25, 0.3) is 0 Å². The summed E-state index contributed by atoms with van der Waals surface area (Å²) in [6.45, 7) is 4.56. The molecule has 0 aromatic carbocycles. The highest BCUT2D eigenvalue weighted by molar-refractivity contribution is 9.09. The fourth-order valence-electron chi connectivity index (χ4n) is 1.98. The highest BCUT2D eigenvalue weighted by atomic mass is 79.9. The third-order valence-corrected chi connectivity index (χ3v) is 4.20. The van der Waals surface area contributed by atoms with Gasteiger partial charge in [-0.05, 0) is 37.5 Å². The summed E-state index contributed by atoms with van der Waals surface area (Å²) in [5, 5.41) is 10.7. The van der Waals surface area contributed by atoms with Gasteiger partial charge in [-0.15, -0.1) is 0 Å². The largest absolute Gasteiger partial charge is 0.389 e. The van der Waals surface area contributed by atoms with Gasteiger partial charge in [0.2, 0.25) is 0 Å². The van der Waals surface area contributed by atoms with Crippen LogP contribution in [-0.2, 0) is 0 Å². The average molecular weight is 235 g/mol. The molecule has 0 saturated heterocycles. The smallest absolute Gasteiger partial charge is 0.0744 e. The Labute approximate surface area is 83.7 Å². The van der Waals surface area contributed by atoms with Crippen LogP contribution in [0.1, 0.15) is 39.5 Å². The Kier molecular flexibility index (Phi) is 3.59. The molecule has 0 atom stereocenters. The Balaban J connectivity index is 2.39. The molecule has 0 amide bonds. The Hall–Kier alpha value is 0.440. The summed E-state index contributed by atoms with van der Waals surface area (Å²) in [6.07, 6.45) is 4.34. The van der Waals surface area contributed by atoms with E-state index in [1.807, 2.05) is 0 Å². The molecule has 12 heavy (non-hydrogen) atoms. The quantitative estimate of drug-likeness (QED) is 0.729. The number of hydrogen-bond acceptors (Lipinski definition) is 1. The van der Waals surface area contributed by atoms with Crippen LogP contribution in [0.2, 0.25) is 0 Å². The maximum Gasteiger partial charge on any atom is 0.0744 e. The van der Waals surface area contributed by atoms with E-state index in [1.54, 1.807) is 0 Å². The van der Waals surface area contributed by atoms with Gasteiger partial charge >= 0.3 is 0 Å². The molecule has 72 valence electrons. The summed E-state index contributed by atoms with van der Waals surface area (Å²) >= 11 is 3.37. The minimum atomic E-state index is -0.397. The van der Waals surface area contributed by atoms with Crippen LogP contribution in [-0.4, -0.2) is 16.0 Å². The Bertz CT molecular complexity index is 137. The second-order valence-electron chi connectivity index (χ2n) is 4.44. The van der Waals surface area contributed by atoms with Gasteiger partial charge in [0.15, 0.2) is 0 Å². The summed E-state index contributed by atoms with van der Waals surface area (Å²) in [6, 6.07) is 0. The highest BCUT2D eigenvalue weighted by Gasteiger charge is 2.32. The van der Waals surface area contributed by atoms with Crippen molar-refractivity contribution in [1.29, 1.82) is 0 Å². The van der Waals surface area contributed by atoms with E-state index in [2.05, 4.69) is 29.8 Å². The van der Waals surface area contributed by atoms with Gasteiger partial charge in [-0.3, -0.25) is 0 Å². The summed E-state index contributed by atoms with van der Waals surface area (Å²) in [7, 11) is 0. The van der Waals surface area contributed by atoms with Gasteiger partial charge in [-0.1, -0.05) is 29.8 Å². The molecular formula is C10H19BrO. The van der Waals surface area contributed by atoms with E-state index in [1.165, 1.54) is 12.8 Å². The summed E-state index contributed by atoms with van der Waals surface area (Å²) < 4.78 is 0. The lowest BCUT2D eigenvalue weighted by Crippen LogP contribution is -2.36. The number of aliphatic hydroxyl groups is 1. The van der Waals surface area contributed by atoms with Crippen LogP contribution in [0.3, 0.4) is 0 Å². The van der Waals surface area contributed by atoms with Gasteiger partial charge in [0.1, 0.15) is 0 Å². The first-order chi connectivity index (χ1) is 5.57. The van der Waals surface area contributed by atoms with Gasteiger partial charge in [0.05, 0.1) is 5.60 Å². The molecule has 1 fully saturated rings. The summed E-state index contributed by atoms with van der Waals surface area (Å²) in [5.74, 6) is 1.62. The van der Waals surface area contributed by atoms with Crippen molar-refractivity contribution >= 4 is 15.9 Å². The van der Waals surface area contributed by atoms with Crippen molar-refractivity contribution in [3.8, 4) is 0 Å². The highest BCUT2D eigenvalue weighted by Crippen LogP contribution is 2.36. The van der Waals surface area contributed by atoms with E-state index in [-0.39, 0.29) is 0 Å². The average Bonchev–Trinajstić information content (AvgIpc) is 2.05. The number of alkyl halides is 1. The van der Waals surface area contributed by atoms with Gasteiger partial charge < -0.3 is 5.11 Å². The van der Waals surface area contributed by atoms with Crippen molar-refractivity contribution in [2.24, 2.45) is 11.8 Å². The van der Waals surface area contributed by atoms with Crippen LogP contribution in [0.15, 0.2) is 0 Å². The summed E-state index contributed by atoms with van der Waals surface area (Å²) in [4.78, 5) is 0. The van der Waals surface area contributed by atoms with Crippen LogP contribution in [0.4, 0.5) is 0 Å². The molecule has 0 heterocycles. The zero-order valence-corrected chi connectivity index (χ0v) is 9.60. The zero-order valence-electron chi connectivity index (χ0n) is 8.02. The van der Waals surface area contributed by atoms with Crippen LogP contribution >= 0.6 is 15.9 Å². The third kappa shape index (κ3) is 2.46. The number of rotatable bonds is 2. The molecule has 0 bridgehead atoms. The molecule has 1 aliphatic rings. The molecule has 0 aromatic heterocycles. The minimum Gasteiger partial charge on any atom is -0.389 e. The van der Waals surface area contributed by atoms with Crippen LogP contribution in [0.5, 0.6) is 0 Å². The molecule has 0 aromatic rings. The molecule has 1 saturated carbocycles. The Morgan fingerprint density at radius 2 is 1.92 bits per heavy atom. The molecule has 1 nitrogen and oxygen atoms in total. The zero-order chi connectivity index (χ0) is 9.19.